The first-order valence-corrected chi connectivity index (χ1v) is 6.57. The number of nitro groups is 1. The summed E-state index contributed by atoms with van der Waals surface area (Å²) in [5.41, 5.74) is 1.34. The summed E-state index contributed by atoms with van der Waals surface area (Å²) in [6.45, 7) is 5.60. The summed E-state index contributed by atoms with van der Waals surface area (Å²) >= 11 is 0. The Morgan fingerprint density at radius 2 is 1.78 bits per heavy atom. The molecule has 2 unspecified atom stereocenters. The van der Waals surface area contributed by atoms with Crippen LogP contribution in [0.4, 0.5) is 5.69 Å². The number of likely N-dealkylation sites (tertiary alicyclic amines) is 1. The van der Waals surface area contributed by atoms with Crippen molar-refractivity contribution >= 4 is 5.69 Å². The van der Waals surface area contributed by atoms with Crippen LogP contribution < -0.4 is 0 Å². The number of nitrogens with zero attached hydrogens (tertiary/aromatic N) is 2. The molecule has 1 heterocycles. The lowest BCUT2D eigenvalue weighted by Crippen LogP contribution is -2.34. The molecule has 0 aliphatic carbocycles. The zero-order chi connectivity index (χ0) is 13.1. The average Bonchev–Trinajstić information content (AvgIpc) is 2.67. The fraction of sp³-hybridized carbons (Fsp3) is 0.571. The summed E-state index contributed by atoms with van der Waals surface area (Å²) in [6, 6.07) is 8.24. The van der Waals surface area contributed by atoms with Crippen LogP contribution in [0.2, 0.25) is 0 Å². The van der Waals surface area contributed by atoms with Gasteiger partial charge in [0, 0.05) is 30.8 Å². The Morgan fingerprint density at radius 1 is 1.22 bits per heavy atom. The molecule has 1 aliphatic heterocycles. The standard InChI is InChI=1S/C14H20N2O2/c1-11-3-4-12(2)15(11)10-9-13-5-7-14(8-6-13)16(17)18/h5-8,11-12H,3-4,9-10H2,1-2H3. The molecule has 0 aromatic heterocycles. The smallest absolute Gasteiger partial charge is 0.269 e. The van der Waals surface area contributed by atoms with E-state index in [0.29, 0.717) is 12.1 Å². The highest BCUT2D eigenvalue weighted by atomic mass is 16.6. The van der Waals surface area contributed by atoms with Crippen LogP contribution in [0.15, 0.2) is 24.3 Å². The van der Waals surface area contributed by atoms with E-state index in [1.807, 2.05) is 12.1 Å². The Morgan fingerprint density at radius 3 is 2.28 bits per heavy atom. The molecule has 0 bridgehead atoms. The SMILES string of the molecule is CC1CCC(C)N1CCc1ccc([N+](=O)[O-])cc1. The van der Waals surface area contributed by atoms with Gasteiger partial charge in [0.05, 0.1) is 4.92 Å². The third kappa shape index (κ3) is 2.88. The van der Waals surface area contributed by atoms with Crippen molar-refractivity contribution in [3.63, 3.8) is 0 Å². The quantitative estimate of drug-likeness (QED) is 0.608. The maximum Gasteiger partial charge on any atom is 0.269 e. The maximum absolute atomic E-state index is 10.6. The van der Waals surface area contributed by atoms with Crippen LogP contribution in [-0.2, 0) is 6.42 Å². The van der Waals surface area contributed by atoms with Gasteiger partial charge in [0.15, 0.2) is 0 Å². The van der Waals surface area contributed by atoms with E-state index in [1.54, 1.807) is 12.1 Å². The van der Waals surface area contributed by atoms with Crippen LogP contribution in [0.3, 0.4) is 0 Å². The zero-order valence-electron chi connectivity index (χ0n) is 11.0. The molecule has 0 spiro atoms. The van der Waals surface area contributed by atoms with E-state index in [4.69, 9.17) is 0 Å². The predicted molar refractivity (Wildman–Crippen MR) is 71.7 cm³/mol. The van der Waals surface area contributed by atoms with Crippen LogP contribution in [-0.4, -0.2) is 28.5 Å². The number of benzene rings is 1. The van der Waals surface area contributed by atoms with Crippen molar-refractivity contribution in [1.29, 1.82) is 0 Å². The minimum Gasteiger partial charge on any atom is -0.298 e. The number of hydrogen-bond donors (Lipinski definition) is 0. The molecular weight excluding hydrogens is 228 g/mol. The third-order valence-corrected chi connectivity index (χ3v) is 3.94. The molecule has 0 radical (unpaired) electrons. The molecule has 0 amide bonds. The maximum atomic E-state index is 10.6. The van der Waals surface area contributed by atoms with Gasteiger partial charge < -0.3 is 0 Å². The molecular formula is C14H20N2O2. The first kappa shape index (κ1) is 13.0. The Balaban J connectivity index is 1.92. The fourth-order valence-corrected chi connectivity index (χ4v) is 2.73. The van der Waals surface area contributed by atoms with Gasteiger partial charge in [0.1, 0.15) is 0 Å². The molecule has 1 aromatic rings. The normalized spacial score (nSPS) is 24.3. The first-order valence-electron chi connectivity index (χ1n) is 6.57. The molecule has 0 N–H and O–H groups in total. The largest absolute Gasteiger partial charge is 0.298 e. The van der Waals surface area contributed by atoms with E-state index < -0.39 is 0 Å². The Hall–Kier alpha value is -1.42. The highest BCUT2D eigenvalue weighted by molar-refractivity contribution is 5.32. The van der Waals surface area contributed by atoms with E-state index in [2.05, 4.69) is 18.7 Å². The van der Waals surface area contributed by atoms with Gasteiger partial charge in [-0.05, 0) is 38.7 Å². The second kappa shape index (κ2) is 5.48. The minimum atomic E-state index is -0.353. The van der Waals surface area contributed by atoms with Crippen LogP contribution in [0.5, 0.6) is 0 Å². The van der Waals surface area contributed by atoms with Crippen molar-refractivity contribution in [2.24, 2.45) is 0 Å². The Bertz CT molecular complexity index is 406. The molecule has 1 saturated heterocycles. The van der Waals surface area contributed by atoms with Crippen LogP contribution in [0, 0.1) is 10.1 Å². The lowest BCUT2D eigenvalue weighted by atomic mass is 10.1. The highest BCUT2D eigenvalue weighted by Gasteiger charge is 2.26. The molecule has 0 saturated carbocycles. The molecule has 4 nitrogen and oxygen atoms in total. The summed E-state index contributed by atoms with van der Waals surface area (Å²) < 4.78 is 0. The van der Waals surface area contributed by atoms with Crippen molar-refractivity contribution in [3.05, 3.63) is 39.9 Å². The van der Waals surface area contributed by atoms with Gasteiger partial charge in [-0.3, -0.25) is 15.0 Å². The van der Waals surface area contributed by atoms with Gasteiger partial charge in [-0.2, -0.15) is 0 Å². The van der Waals surface area contributed by atoms with Crippen LogP contribution >= 0.6 is 0 Å². The van der Waals surface area contributed by atoms with Crippen LogP contribution in [0.25, 0.3) is 0 Å². The molecule has 1 aromatic carbocycles. The summed E-state index contributed by atoms with van der Waals surface area (Å²) in [7, 11) is 0. The van der Waals surface area contributed by atoms with Gasteiger partial charge in [0.2, 0.25) is 0 Å². The second-order valence-electron chi connectivity index (χ2n) is 5.19. The topological polar surface area (TPSA) is 46.4 Å². The summed E-state index contributed by atoms with van der Waals surface area (Å²) in [6.07, 6.45) is 3.52. The molecule has 18 heavy (non-hydrogen) atoms. The fourth-order valence-electron chi connectivity index (χ4n) is 2.73. The Kier molecular flexibility index (Phi) is 3.97. The minimum absolute atomic E-state index is 0.168. The van der Waals surface area contributed by atoms with Crippen molar-refractivity contribution in [2.75, 3.05) is 6.54 Å². The van der Waals surface area contributed by atoms with E-state index >= 15 is 0 Å². The average molecular weight is 248 g/mol. The number of rotatable bonds is 4. The number of nitro benzene ring substituents is 1. The third-order valence-electron chi connectivity index (χ3n) is 3.94. The van der Waals surface area contributed by atoms with Gasteiger partial charge in [-0.1, -0.05) is 12.1 Å². The van der Waals surface area contributed by atoms with E-state index in [-0.39, 0.29) is 10.6 Å². The van der Waals surface area contributed by atoms with Crippen molar-refractivity contribution in [1.82, 2.24) is 4.90 Å². The van der Waals surface area contributed by atoms with Gasteiger partial charge in [0.25, 0.3) is 5.69 Å². The van der Waals surface area contributed by atoms with Crippen molar-refractivity contribution < 1.29 is 4.92 Å². The lowest BCUT2D eigenvalue weighted by molar-refractivity contribution is -0.384. The molecule has 1 aliphatic rings. The molecule has 1 fully saturated rings. The molecule has 2 atom stereocenters. The Labute approximate surface area is 108 Å². The van der Waals surface area contributed by atoms with Crippen molar-refractivity contribution in [2.45, 2.75) is 45.2 Å². The van der Waals surface area contributed by atoms with E-state index in [9.17, 15) is 10.1 Å². The number of hydrogen-bond acceptors (Lipinski definition) is 3. The zero-order valence-corrected chi connectivity index (χ0v) is 11.0. The van der Waals surface area contributed by atoms with E-state index in [0.717, 1.165) is 13.0 Å². The highest BCUT2D eigenvalue weighted by Crippen LogP contribution is 2.23. The van der Waals surface area contributed by atoms with Gasteiger partial charge in [-0.15, -0.1) is 0 Å². The summed E-state index contributed by atoms with van der Waals surface area (Å²) in [5.74, 6) is 0. The summed E-state index contributed by atoms with van der Waals surface area (Å²) in [5, 5.41) is 10.6. The van der Waals surface area contributed by atoms with E-state index in [1.165, 1.54) is 18.4 Å². The van der Waals surface area contributed by atoms with Gasteiger partial charge in [-0.25, -0.2) is 0 Å². The predicted octanol–water partition coefficient (Wildman–Crippen LogP) is 3.01. The molecule has 98 valence electrons. The van der Waals surface area contributed by atoms with Crippen LogP contribution in [0.1, 0.15) is 32.3 Å². The first-order chi connectivity index (χ1) is 8.58. The molecule has 4 heteroatoms. The monoisotopic (exact) mass is 248 g/mol. The summed E-state index contributed by atoms with van der Waals surface area (Å²) in [4.78, 5) is 12.7. The lowest BCUT2D eigenvalue weighted by Gasteiger charge is -2.25. The van der Waals surface area contributed by atoms with Gasteiger partial charge >= 0.3 is 0 Å². The molecule has 2 rings (SSSR count). The number of non-ortho nitro benzene ring substituents is 1. The van der Waals surface area contributed by atoms with Crippen molar-refractivity contribution in [3.8, 4) is 0 Å². The second-order valence-corrected chi connectivity index (χ2v) is 5.19.